The van der Waals surface area contributed by atoms with Gasteiger partial charge in [-0.3, -0.25) is 14.6 Å². The minimum absolute atomic E-state index is 0.0718. The molecule has 0 saturated heterocycles. The van der Waals surface area contributed by atoms with Gasteiger partial charge in [-0.05, 0) is 49.6 Å². The molecule has 2 N–H and O–H groups in total. The molecule has 6 nitrogen and oxygen atoms in total. The molecule has 4 aromatic rings. The van der Waals surface area contributed by atoms with Gasteiger partial charge in [0.15, 0.2) is 5.78 Å². The Morgan fingerprint density at radius 2 is 1.84 bits per heavy atom. The number of benzene rings is 1. The van der Waals surface area contributed by atoms with Crippen molar-refractivity contribution in [2.24, 2.45) is 0 Å². The molecule has 6 heteroatoms. The van der Waals surface area contributed by atoms with Crippen molar-refractivity contribution in [3.05, 3.63) is 88.1 Å². The Morgan fingerprint density at radius 3 is 2.55 bits per heavy atom. The van der Waals surface area contributed by atoms with Crippen LogP contribution >= 0.6 is 0 Å². The van der Waals surface area contributed by atoms with Crippen molar-refractivity contribution in [1.29, 1.82) is 0 Å². The summed E-state index contributed by atoms with van der Waals surface area (Å²) >= 11 is 0. The number of H-pyrrole nitrogens is 2. The number of carbonyl (C=O) groups excluding carboxylic acids is 2. The Hall–Kier alpha value is -3.67. The van der Waals surface area contributed by atoms with Gasteiger partial charge in [0.2, 0.25) is 0 Å². The fraction of sp³-hybridized carbons (Fsp3) is 0.240. The van der Waals surface area contributed by atoms with Crippen LogP contribution in [0.3, 0.4) is 0 Å². The number of fused-ring (bicyclic) bond motifs is 3. The lowest BCUT2D eigenvalue weighted by Gasteiger charge is -2.35. The molecule has 1 aliphatic rings. The molecule has 1 aromatic carbocycles. The average Bonchev–Trinajstić information content (AvgIpc) is 3.30. The Kier molecular flexibility index (Phi) is 4.50. The molecule has 0 spiro atoms. The first kappa shape index (κ1) is 19.3. The smallest absolute Gasteiger partial charge is 0.256 e. The highest BCUT2D eigenvalue weighted by Gasteiger charge is 2.37. The van der Waals surface area contributed by atoms with Crippen LogP contribution in [0.1, 0.15) is 62.0 Å². The highest BCUT2D eigenvalue weighted by molar-refractivity contribution is 6.03. The molecular weight excluding hydrogens is 388 g/mol. The van der Waals surface area contributed by atoms with Crippen LogP contribution in [0.25, 0.3) is 10.9 Å². The Labute approximate surface area is 180 Å². The molecule has 3 aromatic heterocycles. The molecule has 0 aliphatic carbocycles. The van der Waals surface area contributed by atoms with Gasteiger partial charge in [-0.1, -0.05) is 24.3 Å². The number of pyridine rings is 1. The minimum Gasteiger partial charge on any atom is -0.356 e. The van der Waals surface area contributed by atoms with E-state index in [1.54, 1.807) is 6.20 Å². The number of amides is 1. The van der Waals surface area contributed by atoms with E-state index in [9.17, 15) is 9.59 Å². The number of aromatic amines is 2. The lowest BCUT2D eigenvalue weighted by Crippen LogP contribution is -2.41. The summed E-state index contributed by atoms with van der Waals surface area (Å²) in [4.78, 5) is 39.0. The van der Waals surface area contributed by atoms with Gasteiger partial charge in [-0.15, -0.1) is 0 Å². The summed E-state index contributed by atoms with van der Waals surface area (Å²) in [5.41, 5.74) is 6.63. The van der Waals surface area contributed by atoms with E-state index in [0.29, 0.717) is 23.4 Å². The molecule has 0 radical (unpaired) electrons. The van der Waals surface area contributed by atoms with Gasteiger partial charge in [0, 0.05) is 42.0 Å². The van der Waals surface area contributed by atoms with Crippen molar-refractivity contribution in [2.45, 2.75) is 33.2 Å². The first-order chi connectivity index (χ1) is 15.0. The SMILES string of the molecule is CC(=O)c1[nH]c(C)c(C(=O)N2CCc3c([nH]c4ccccc34)C2c2ccccn2)c1C. The summed E-state index contributed by atoms with van der Waals surface area (Å²) in [6.07, 6.45) is 2.52. The molecule has 5 rings (SSSR count). The normalized spacial score (nSPS) is 15.8. The quantitative estimate of drug-likeness (QED) is 0.486. The van der Waals surface area contributed by atoms with Crippen LogP contribution in [-0.2, 0) is 6.42 Å². The molecule has 31 heavy (non-hydrogen) atoms. The van der Waals surface area contributed by atoms with E-state index in [2.05, 4.69) is 27.1 Å². The van der Waals surface area contributed by atoms with Crippen LogP contribution < -0.4 is 0 Å². The largest absolute Gasteiger partial charge is 0.356 e. The number of hydrogen-bond donors (Lipinski definition) is 2. The van der Waals surface area contributed by atoms with Crippen LogP contribution in [0.5, 0.6) is 0 Å². The van der Waals surface area contributed by atoms with Crippen LogP contribution in [0.4, 0.5) is 0 Å². The number of nitrogens with one attached hydrogen (secondary N) is 2. The maximum absolute atomic E-state index is 13.8. The van der Waals surface area contributed by atoms with Crippen molar-refractivity contribution < 1.29 is 9.59 Å². The first-order valence-corrected chi connectivity index (χ1v) is 10.5. The van der Waals surface area contributed by atoms with E-state index >= 15 is 0 Å². The maximum Gasteiger partial charge on any atom is 0.256 e. The van der Waals surface area contributed by atoms with E-state index in [1.807, 2.05) is 49.1 Å². The van der Waals surface area contributed by atoms with Crippen molar-refractivity contribution in [1.82, 2.24) is 19.9 Å². The molecule has 1 aliphatic heterocycles. The lowest BCUT2D eigenvalue weighted by atomic mass is 9.93. The Balaban J connectivity index is 1.67. The third kappa shape index (κ3) is 2.98. The molecule has 1 unspecified atom stereocenters. The van der Waals surface area contributed by atoms with E-state index < -0.39 is 0 Å². The topological polar surface area (TPSA) is 81.9 Å². The number of rotatable bonds is 3. The second-order valence-electron chi connectivity index (χ2n) is 8.15. The average molecular weight is 412 g/mol. The number of aryl methyl sites for hydroxylation is 1. The summed E-state index contributed by atoms with van der Waals surface area (Å²) in [6, 6.07) is 13.7. The van der Waals surface area contributed by atoms with Crippen molar-refractivity contribution in [3.63, 3.8) is 0 Å². The van der Waals surface area contributed by atoms with E-state index in [0.717, 1.165) is 29.0 Å². The number of nitrogens with zero attached hydrogens (tertiary/aromatic N) is 2. The zero-order valence-electron chi connectivity index (χ0n) is 17.8. The number of ketones is 1. The lowest BCUT2D eigenvalue weighted by molar-refractivity contribution is 0.0687. The number of hydrogen-bond acceptors (Lipinski definition) is 3. The van der Waals surface area contributed by atoms with Gasteiger partial charge in [-0.2, -0.15) is 0 Å². The Morgan fingerprint density at radius 1 is 1.06 bits per heavy atom. The third-order valence-corrected chi connectivity index (χ3v) is 6.27. The third-order valence-electron chi connectivity index (χ3n) is 6.27. The van der Waals surface area contributed by atoms with Gasteiger partial charge in [0.1, 0.15) is 6.04 Å². The molecular formula is C25H24N4O2. The van der Waals surface area contributed by atoms with Crippen molar-refractivity contribution in [3.8, 4) is 0 Å². The second kappa shape index (κ2) is 7.23. The van der Waals surface area contributed by atoms with Crippen LogP contribution in [0.15, 0.2) is 48.7 Å². The van der Waals surface area contributed by atoms with E-state index in [-0.39, 0.29) is 17.7 Å². The highest BCUT2D eigenvalue weighted by Crippen LogP contribution is 2.39. The van der Waals surface area contributed by atoms with Gasteiger partial charge in [-0.25, -0.2) is 0 Å². The van der Waals surface area contributed by atoms with Gasteiger partial charge < -0.3 is 14.9 Å². The second-order valence-corrected chi connectivity index (χ2v) is 8.15. The van der Waals surface area contributed by atoms with E-state index in [4.69, 9.17) is 0 Å². The molecule has 4 heterocycles. The maximum atomic E-state index is 13.8. The zero-order valence-corrected chi connectivity index (χ0v) is 17.8. The van der Waals surface area contributed by atoms with Crippen LogP contribution in [0.2, 0.25) is 0 Å². The summed E-state index contributed by atoms with van der Waals surface area (Å²) < 4.78 is 0. The van der Waals surface area contributed by atoms with Gasteiger partial charge in [0.05, 0.1) is 17.0 Å². The molecule has 0 fully saturated rings. The fourth-order valence-electron chi connectivity index (χ4n) is 4.87. The summed E-state index contributed by atoms with van der Waals surface area (Å²) in [5.74, 6) is -0.156. The monoisotopic (exact) mass is 412 g/mol. The molecule has 156 valence electrons. The number of carbonyl (C=O) groups is 2. The van der Waals surface area contributed by atoms with Crippen molar-refractivity contribution in [2.75, 3.05) is 6.54 Å². The fourth-order valence-corrected chi connectivity index (χ4v) is 4.87. The van der Waals surface area contributed by atoms with Crippen LogP contribution in [-0.4, -0.2) is 38.1 Å². The minimum atomic E-state index is -0.320. The highest BCUT2D eigenvalue weighted by atomic mass is 16.2. The first-order valence-electron chi connectivity index (χ1n) is 10.5. The summed E-state index contributed by atoms with van der Waals surface area (Å²) in [7, 11) is 0. The predicted octanol–water partition coefficient (Wildman–Crippen LogP) is 4.50. The molecule has 1 atom stereocenters. The summed E-state index contributed by atoms with van der Waals surface area (Å²) in [6.45, 7) is 5.78. The Bertz CT molecular complexity index is 1320. The van der Waals surface area contributed by atoms with Crippen LogP contribution in [0, 0.1) is 13.8 Å². The summed E-state index contributed by atoms with van der Waals surface area (Å²) in [5, 5.41) is 1.19. The number of Topliss-reactive ketones (excluding diaryl/α,β-unsaturated/α-hetero) is 1. The number of para-hydroxylation sites is 1. The predicted molar refractivity (Wildman–Crippen MR) is 119 cm³/mol. The molecule has 0 bridgehead atoms. The molecule has 0 saturated carbocycles. The standard InChI is InChI=1S/C25H24N4O2/c1-14-21(15(2)27-22(14)16(3)30)25(31)29-13-11-18-17-8-4-5-9-19(17)28-23(18)24(29)20-10-6-7-12-26-20/h4-10,12,24,27-28H,11,13H2,1-3H3. The number of aromatic nitrogens is 3. The van der Waals surface area contributed by atoms with Crippen molar-refractivity contribution >= 4 is 22.6 Å². The molecule has 1 amide bonds. The van der Waals surface area contributed by atoms with Gasteiger partial charge in [0.25, 0.3) is 5.91 Å². The van der Waals surface area contributed by atoms with E-state index in [1.165, 1.54) is 17.9 Å². The zero-order chi connectivity index (χ0) is 21.7. The van der Waals surface area contributed by atoms with Gasteiger partial charge >= 0.3 is 0 Å².